The predicted octanol–water partition coefficient (Wildman–Crippen LogP) is 4.10. The highest BCUT2D eigenvalue weighted by Crippen LogP contribution is 2.38. The molecular weight excluding hydrogens is 308 g/mol. The Morgan fingerprint density at radius 1 is 1.26 bits per heavy atom. The van der Waals surface area contributed by atoms with Crippen LogP contribution in [0.5, 0.6) is 0 Å². The first-order valence-corrected chi connectivity index (χ1v) is 8.27. The number of anilines is 1. The first-order chi connectivity index (χ1) is 11.2. The van der Waals surface area contributed by atoms with Gasteiger partial charge in [0.25, 0.3) is 0 Å². The molecule has 116 valence electrons. The molecule has 5 nitrogen and oxygen atoms in total. The van der Waals surface area contributed by atoms with Crippen molar-refractivity contribution in [3.05, 3.63) is 35.8 Å². The number of hydrogen-bond donors (Lipinski definition) is 1. The van der Waals surface area contributed by atoms with Crippen LogP contribution in [0, 0.1) is 12.3 Å². The Bertz CT molecular complexity index is 754. The number of thiazole rings is 1. The van der Waals surface area contributed by atoms with Gasteiger partial charge in [-0.15, -0.1) is 23.7 Å². The summed E-state index contributed by atoms with van der Waals surface area (Å²) in [6.07, 6.45) is 7.57. The van der Waals surface area contributed by atoms with Gasteiger partial charge in [-0.25, -0.2) is 4.98 Å². The van der Waals surface area contributed by atoms with Crippen LogP contribution in [0.1, 0.15) is 25.7 Å². The molecule has 1 aliphatic rings. The summed E-state index contributed by atoms with van der Waals surface area (Å²) in [6, 6.07) is 9.80. The summed E-state index contributed by atoms with van der Waals surface area (Å²) in [4.78, 5) is 16.5. The maximum atomic E-state index is 12.2. The van der Waals surface area contributed by atoms with Gasteiger partial charge < -0.3 is 5.32 Å². The van der Waals surface area contributed by atoms with Gasteiger partial charge in [0.15, 0.2) is 5.66 Å². The van der Waals surface area contributed by atoms with Crippen LogP contribution in [-0.2, 0) is 4.79 Å². The lowest BCUT2D eigenvalue weighted by Gasteiger charge is -2.09. The van der Waals surface area contributed by atoms with Crippen LogP contribution < -0.4 is 5.32 Å². The quantitative estimate of drug-likeness (QED) is 0.779. The average Bonchev–Trinajstić information content (AvgIpc) is 3.21. The minimum Gasteiger partial charge on any atom is -0.316 e. The second kappa shape index (κ2) is 6.71. The van der Waals surface area contributed by atoms with Gasteiger partial charge in [-0.2, -0.15) is 10.2 Å². The molecule has 1 aromatic heterocycles. The van der Waals surface area contributed by atoms with Crippen LogP contribution in [0.3, 0.4) is 0 Å². The number of benzene rings is 1. The molecule has 3 rings (SSSR count). The van der Waals surface area contributed by atoms with E-state index in [-0.39, 0.29) is 5.91 Å². The van der Waals surface area contributed by atoms with Crippen LogP contribution in [0.25, 0.3) is 11.3 Å². The molecule has 2 heterocycles. The summed E-state index contributed by atoms with van der Waals surface area (Å²) in [6.45, 7) is 0. The molecule has 0 saturated heterocycles. The maximum Gasteiger partial charge on any atom is 0.225 e. The Kier molecular flexibility index (Phi) is 4.49. The number of nitrogens with zero attached hydrogens (tertiary/aromatic N) is 3. The van der Waals surface area contributed by atoms with Gasteiger partial charge in [0.2, 0.25) is 5.91 Å². The first kappa shape index (κ1) is 15.4. The lowest BCUT2D eigenvalue weighted by atomic mass is 10.0. The summed E-state index contributed by atoms with van der Waals surface area (Å²) < 4.78 is 0. The van der Waals surface area contributed by atoms with Gasteiger partial charge >= 0.3 is 0 Å². The van der Waals surface area contributed by atoms with E-state index < -0.39 is 5.66 Å². The monoisotopic (exact) mass is 324 g/mol. The number of rotatable bonds is 7. The minimum atomic E-state index is -0.417. The summed E-state index contributed by atoms with van der Waals surface area (Å²) in [5.41, 5.74) is 3.10. The summed E-state index contributed by atoms with van der Waals surface area (Å²) >= 11 is 1.42. The van der Waals surface area contributed by atoms with Crippen molar-refractivity contribution >= 4 is 22.2 Å². The third-order valence-corrected chi connectivity index (χ3v) is 4.41. The van der Waals surface area contributed by atoms with E-state index in [0.717, 1.165) is 16.3 Å². The molecule has 0 spiro atoms. The van der Waals surface area contributed by atoms with Gasteiger partial charge in [-0.1, -0.05) is 30.3 Å². The van der Waals surface area contributed by atoms with E-state index in [2.05, 4.69) is 26.4 Å². The highest BCUT2D eigenvalue weighted by molar-refractivity contribution is 7.14. The molecule has 0 unspecified atom stereocenters. The van der Waals surface area contributed by atoms with Crippen molar-refractivity contribution in [3.63, 3.8) is 0 Å². The Labute approximate surface area is 138 Å². The van der Waals surface area contributed by atoms with Gasteiger partial charge in [-0.05, 0) is 0 Å². The molecule has 2 aromatic rings. The normalized spacial score (nSPS) is 14.2. The lowest BCUT2D eigenvalue weighted by molar-refractivity contribution is -0.116. The average molecular weight is 324 g/mol. The number of terminal acetylenes is 1. The molecule has 0 atom stereocenters. The highest BCUT2D eigenvalue weighted by atomic mass is 32.1. The van der Waals surface area contributed by atoms with Crippen LogP contribution in [-0.4, -0.2) is 16.6 Å². The standard InChI is InChI=1S/C17H16N4OS/c1-2-3-10-17(20-21-17)11-9-14(22)19-16-15(18-12-23-16)13-7-5-4-6-8-13/h1,4-8,12H,3,9-11H2,(H,19,22). The van der Waals surface area contributed by atoms with Gasteiger partial charge in [-0.3, -0.25) is 4.79 Å². The van der Waals surface area contributed by atoms with Gasteiger partial charge in [0.1, 0.15) is 10.7 Å². The summed E-state index contributed by atoms with van der Waals surface area (Å²) in [5.74, 6) is 2.53. The van der Waals surface area contributed by atoms with Crippen LogP contribution in [0.15, 0.2) is 46.1 Å². The molecule has 0 saturated carbocycles. The number of aromatic nitrogens is 1. The van der Waals surface area contributed by atoms with Gasteiger partial charge in [0, 0.05) is 31.2 Å². The van der Waals surface area contributed by atoms with E-state index in [4.69, 9.17) is 6.42 Å². The largest absolute Gasteiger partial charge is 0.316 e. The van der Waals surface area contributed by atoms with E-state index >= 15 is 0 Å². The van der Waals surface area contributed by atoms with Gasteiger partial charge in [0.05, 0.1) is 5.51 Å². The smallest absolute Gasteiger partial charge is 0.225 e. The van der Waals surface area contributed by atoms with E-state index in [0.29, 0.717) is 25.7 Å². The third kappa shape index (κ3) is 3.82. The van der Waals surface area contributed by atoms with E-state index in [1.807, 2.05) is 30.3 Å². The number of nitrogens with one attached hydrogen (secondary N) is 1. The number of amides is 1. The Morgan fingerprint density at radius 3 is 2.74 bits per heavy atom. The van der Waals surface area contributed by atoms with Crippen LogP contribution in [0.4, 0.5) is 5.00 Å². The van der Waals surface area contributed by atoms with E-state index in [1.54, 1.807) is 5.51 Å². The molecule has 0 aliphatic carbocycles. The Morgan fingerprint density at radius 2 is 2.04 bits per heavy atom. The number of carbonyl (C=O) groups is 1. The van der Waals surface area contributed by atoms with Crippen molar-refractivity contribution in [2.24, 2.45) is 10.2 Å². The molecule has 0 radical (unpaired) electrons. The molecule has 23 heavy (non-hydrogen) atoms. The second-order valence-electron chi connectivity index (χ2n) is 5.33. The Hall–Kier alpha value is -2.52. The zero-order chi connectivity index (χ0) is 16.1. The first-order valence-electron chi connectivity index (χ1n) is 7.39. The van der Waals surface area contributed by atoms with Crippen molar-refractivity contribution < 1.29 is 4.79 Å². The molecule has 1 aromatic carbocycles. The topological polar surface area (TPSA) is 66.7 Å². The molecule has 1 amide bonds. The zero-order valence-corrected chi connectivity index (χ0v) is 13.3. The fourth-order valence-electron chi connectivity index (χ4n) is 2.31. The van der Waals surface area contributed by atoms with Crippen molar-refractivity contribution in [2.75, 3.05) is 5.32 Å². The molecular formula is C17H16N4OS. The van der Waals surface area contributed by atoms with Crippen LogP contribution >= 0.6 is 11.3 Å². The molecule has 1 N–H and O–H groups in total. The third-order valence-electron chi connectivity index (χ3n) is 3.67. The summed E-state index contributed by atoms with van der Waals surface area (Å²) in [5, 5.41) is 11.8. The zero-order valence-electron chi connectivity index (χ0n) is 12.5. The van der Waals surface area contributed by atoms with Crippen LogP contribution in [0.2, 0.25) is 0 Å². The fraction of sp³-hybridized carbons (Fsp3) is 0.294. The van der Waals surface area contributed by atoms with Crippen molar-refractivity contribution in [1.29, 1.82) is 0 Å². The maximum absolute atomic E-state index is 12.2. The van der Waals surface area contributed by atoms with Crippen molar-refractivity contribution in [2.45, 2.75) is 31.3 Å². The summed E-state index contributed by atoms with van der Waals surface area (Å²) in [7, 11) is 0. The molecule has 1 aliphatic heterocycles. The fourth-order valence-corrected chi connectivity index (χ4v) is 3.03. The minimum absolute atomic E-state index is 0.0520. The number of carbonyl (C=O) groups excluding carboxylic acids is 1. The highest BCUT2D eigenvalue weighted by Gasteiger charge is 2.39. The predicted molar refractivity (Wildman–Crippen MR) is 91.1 cm³/mol. The van der Waals surface area contributed by atoms with Crippen molar-refractivity contribution in [3.8, 4) is 23.6 Å². The van der Waals surface area contributed by atoms with E-state index in [9.17, 15) is 4.79 Å². The lowest BCUT2D eigenvalue weighted by Crippen LogP contribution is -2.17. The van der Waals surface area contributed by atoms with E-state index in [1.165, 1.54) is 11.3 Å². The second-order valence-corrected chi connectivity index (χ2v) is 6.19. The Balaban J connectivity index is 1.57. The molecule has 6 heteroatoms. The molecule has 0 bridgehead atoms. The SMILES string of the molecule is C#CCCC1(CCC(=O)Nc2scnc2-c2ccccc2)N=N1. The van der Waals surface area contributed by atoms with Crippen molar-refractivity contribution in [1.82, 2.24) is 4.98 Å². The molecule has 0 fully saturated rings. The number of hydrogen-bond acceptors (Lipinski definition) is 5.